The molecule has 0 saturated carbocycles. The minimum absolute atomic E-state index is 0.0100. The van der Waals surface area contributed by atoms with Crippen LogP contribution in [0.5, 0.6) is 0 Å². The van der Waals surface area contributed by atoms with Crippen molar-refractivity contribution in [1.82, 2.24) is 25.3 Å². The molecule has 6 nitrogen and oxygen atoms in total. The van der Waals surface area contributed by atoms with Gasteiger partial charge in [0.25, 0.3) is 5.91 Å². The molecular formula is C22H27N5O. The summed E-state index contributed by atoms with van der Waals surface area (Å²) < 4.78 is 0. The number of benzene rings is 1. The fraction of sp³-hybridized carbons (Fsp3) is 0.545. The van der Waals surface area contributed by atoms with E-state index in [4.69, 9.17) is 0 Å². The highest BCUT2D eigenvalue weighted by molar-refractivity contribution is 5.94. The van der Waals surface area contributed by atoms with Crippen LogP contribution >= 0.6 is 0 Å². The number of aryl methyl sites for hydroxylation is 1. The first-order chi connectivity index (χ1) is 13.7. The molecule has 0 radical (unpaired) electrons. The van der Waals surface area contributed by atoms with Crippen LogP contribution in [0, 0.1) is 5.92 Å². The van der Waals surface area contributed by atoms with Gasteiger partial charge < -0.3 is 15.1 Å². The van der Waals surface area contributed by atoms with Gasteiger partial charge in [0.05, 0.1) is 0 Å². The van der Waals surface area contributed by atoms with E-state index >= 15 is 0 Å². The third-order valence-electron chi connectivity index (χ3n) is 7.45. The lowest BCUT2D eigenvalue weighted by Gasteiger charge is -2.55. The molecule has 4 fully saturated rings. The number of carbonyl (C=O) groups excluding carboxylic acids is 1. The van der Waals surface area contributed by atoms with Gasteiger partial charge in [0, 0.05) is 67.9 Å². The van der Waals surface area contributed by atoms with E-state index in [0.29, 0.717) is 11.6 Å². The molecule has 2 N–H and O–H groups in total. The Morgan fingerprint density at radius 3 is 2.61 bits per heavy atom. The van der Waals surface area contributed by atoms with Crippen molar-refractivity contribution in [3.05, 3.63) is 52.8 Å². The first-order valence-corrected chi connectivity index (χ1v) is 10.6. The average molecular weight is 377 g/mol. The standard InChI is InChI=1S/C22H27N5O/c28-21(19-17-7-4-8-18(17)24-25-19)23-20-15-11-26-9-10-27(12-15)14-22(20,13-26)16-5-2-1-3-6-16/h1-3,5-6,15,20H,4,7-14H2,(H,23,28)(H,24,25). The van der Waals surface area contributed by atoms with E-state index in [1.807, 2.05) is 0 Å². The molecule has 2 aromatic rings. The Morgan fingerprint density at radius 2 is 1.86 bits per heavy atom. The highest BCUT2D eigenvalue weighted by atomic mass is 16.2. The molecule has 5 heterocycles. The Balaban J connectivity index is 1.38. The minimum atomic E-state index is -0.0476. The van der Waals surface area contributed by atoms with Crippen molar-refractivity contribution in [2.75, 3.05) is 39.3 Å². The summed E-state index contributed by atoms with van der Waals surface area (Å²) >= 11 is 0. The fourth-order valence-electron chi connectivity index (χ4n) is 6.29. The second-order valence-electron chi connectivity index (χ2n) is 9.09. The van der Waals surface area contributed by atoms with Gasteiger partial charge in [-0.3, -0.25) is 9.89 Å². The Kier molecular flexibility index (Phi) is 3.68. The maximum Gasteiger partial charge on any atom is 0.272 e. The topological polar surface area (TPSA) is 64.3 Å². The lowest BCUT2D eigenvalue weighted by atomic mass is 9.64. The number of hydrogen-bond acceptors (Lipinski definition) is 4. The van der Waals surface area contributed by atoms with Crippen molar-refractivity contribution in [3.8, 4) is 0 Å². The SMILES string of the molecule is O=C(NC1C2CN3CCN(C2)CC1(c1ccccc1)C3)c1n[nH]c2c1CCC2. The van der Waals surface area contributed by atoms with Crippen LogP contribution in [0.3, 0.4) is 0 Å². The largest absolute Gasteiger partial charge is 0.347 e. The number of nitrogens with one attached hydrogen (secondary N) is 2. The molecule has 146 valence electrons. The molecule has 1 aliphatic carbocycles. The zero-order chi connectivity index (χ0) is 18.7. The number of piperidine rings is 2. The lowest BCUT2D eigenvalue weighted by molar-refractivity contribution is 0.0179. The predicted molar refractivity (Wildman–Crippen MR) is 106 cm³/mol. The molecule has 3 unspecified atom stereocenters. The molecule has 7 rings (SSSR count). The number of hydrogen-bond donors (Lipinski definition) is 2. The van der Waals surface area contributed by atoms with E-state index in [-0.39, 0.29) is 17.4 Å². The Morgan fingerprint density at radius 1 is 1.11 bits per heavy atom. The first-order valence-electron chi connectivity index (χ1n) is 10.6. The number of carbonyl (C=O) groups is 1. The van der Waals surface area contributed by atoms with Crippen LogP contribution in [0.1, 0.15) is 33.7 Å². The zero-order valence-electron chi connectivity index (χ0n) is 16.2. The lowest BCUT2D eigenvalue weighted by Crippen LogP contribution is -2.70. The summed E-state index contributed by atoms with van der Waals surface area (Å²) in [5, 5.41) is 11.0. The number of aromatic amines is 1. The van der Waals surface area contributed by atoms with Gasteiger partial charge in [0.1, 0.15) is 0 Å². The summed E-state index contributed by atoms with van der Waals surface area (Å²) in [6.07, 6.45) is 3.10. The second-order valence-corrected chi connectivity index (χ2v) is 9.09. The van der Waals surface area contributed by atoms with Gasteiger partial charge in [-0.25, -0.2) is 0 Å². The van der Waals surface area contributed by atoms with Crippen LogP contribution < -0.4 is 5.32 Å². The van der Waals surface area contributed by atoms with Crippen LogP contribution in [-0.4, -0.2) is 71.2 Å². The summed E-state index contributed by atoms with van der Waals surface area (Å²) in [6, 6.07) is 11.0. The first kappa shape index (κ1) is 16.7. The molecule has 4 bridgehead atoms. The molecule has 1 aromatic carbocycles. The minimum Gasteiger partial charge on any atom is -0.347 e. The normalized spacial score (nSPS) is 35.6. The van der Waals surface area contributed by atoms with Crippen molar-refractivity contribution >= 4 is 5.91 Å². The van der Waals surface area contributed by atoms with Gasteiger partial charge in [-0.2, -0.15) is 5.10 Å². The molecule has 1 amide bonds. The van der Waals surface area contributed by atoms with Crippen LogP contribution in [-0.2, 0) is 18.3 Å². The number of H-pyrrole nitrogens is 1. The van der Waals surface area contributed by atoms with Crippen molar-refractivity contribution in [2.45, 2.75) is 30.7 Å². The molecule has 5 aliphatic rings. The van der Waals surface area contributed by atoms with E-state index in [0.717, 1.165) is 69.8 Å². The van der Waals surface area contributed by atoms with Crippen molar-refractivity contribution in [2.24, 2.45) is 5.92 Å². The zero-order valence-corrected chi connectivity index (χ0v) is 16.2. The van der Waals surface area contributed by atoms with Gasteiger partial charge >= 0.3 is 0 Å². The maximum absolute atomic E-state index is 13.3. The van der Waals surface area contributed by atoms with E-state index in [1.165, 1.54) is 5.56 Å². The molecule has 3 atom stereocenters. The summed E-state index contributed by atoms with van der Waals surface area (Å²) in [5.74, 6) is 0.469. The maximum atomic E-state index is 13.3. The van der Waals surface area contributed by atoms with E-state index < -0.39 is 0 Å². The average Bonchev–Trinajstić information content (AvgIpc) is 3.23. The molecule has 1 aromatic heterocycles. The van der Waals surface area contributed by atoms with Gasteiger partial charge in [-0.15, -0.1) is 0 Å². The highest BCUT2D eigenvalue weighted by Crippen LogP contribution is 2.43. The summed E-state index contributed by atoms with van der Waals surface area (Å²) in [6.45, 7) is 6.47. The molecule has 4 saturated heterocycles. The second kappa shape index (κ2) is 6.16. The number of rotatable bonds is 3. The fourth-order valence-corrected chi connectivity index (χ4v) is 6.29. The third kappa shape index (κ3) is 2.40. The number of fused-ring (bicyclic) bond motifs is 2. The molecule has 6 heteroatoms. The summed E-state index contributed by atoms with van der Waals surface area (Å²) in [4.78, 5) is 18.5. The predicted octanol–water partition coefficient (Wildman–Crippen LogP) is 1.20. The van der Waals surface area contributed by atoms with Gasteiger partial charge in [0.2, 0.25) is 0 Å². The number of amides is 1. The van der Waals surface area contributed by atoms with E-state index in [1.54, 1.807) is 0 Å². The Hall–Kier alpha value is -2.18. The van der Waals surface area contributed by atoms with Crippen molar-refractivity contribution < 1.29 is 4.79 Å². The molecule has 4 aliphatic heterocycles. The van der Waals surface area contributed by atoms with Gasteiger partial charge in [-0.05, 0) is 24.8 Å². The van der Waals surface area contributed by atoms with E-state index in [9.17, 15) is 4.79 Å². The molecule has 28 heavy (non-hydrogen) atoms. The van der Waals surface area contributed by atoms with Crippen LogP contribution in [0.4, 0.5) is 0 Å². The highest BCUT2D eigenvalue weighted by Gasteiger charge is 2.55. The van der Waals surface area contributed by atoms with Crippen LogP contribution in [0.2, 0.25) is 0 Å². The Labute approximate surface area is 165 Å². The number of aromatic nitrogens is 2. The summed E-state index contributed by atoms with van der Waals surface area (Å²) in [7, 11) is 0. The summed E-state index contributed by atoms with van der Waals surface area (Å²) in [5.41, 5.74) is 4.23. The quantitative estimate of drug-likeness (QED) is 0.844. The Bertz CT molecular complexity index is 891. The van der Waals surface area contributed by atoms with Gasteiger partial charge in [0.15, 0.2) is 5.69 Å². The monoisotopic (exact) mass is 377 g/mol. The molecule has 0 spiro atoms. The van der Waals surface area contributed by atoms with Crippen molar-refractivity contribution in [1.29, 1.82) is 0 Å². The number of nitrogens with zero attached hydrogens (tertiary/aromatic N) is 3. The van der Waals surface area contributed by atoms with Crippen LogP contribution in [0.25, 0.3) is 0 Å². The molecular weight excluding hydrogens is 350 g/mol. The smallest absolute Gasteiger partial charge is 0.272 e. The van der Waals surface area contributed by atoms with E-state index in [2.05, 4.69) is 55.6 Å². The third-order valence-corrected chi connectivity index (χ3v) is 7.45. The van der Waals surface area contributed by atoms with Crippen LogP contribution in [0.15, 0.2) is 30.3 Å². The van der Waals surface area contributed by atoms with Gasteiger partial charge in [-0.1, -0.05) is 30.3 Å². The van der Waals surface area contributed by atoms with Crippen molar-refractivity contribution in [3.63, 3.8) is 0 Å².